The number of hydrogen-bond acceptors (Lipinski definition) is 5. The molecule has 0 radical (unpaired) electrons. The highest BCUT2D eigenvalue weighted by Gasteiger charge is 2.12. The summed E-state index contributed by atoms with van der Waals surface area (Å²) < 4.78 is 5.66. The molecule has 0 saturated carbocycles. The third kappa shape index (κ3) is 5.84. The maximum Gasteiger partial charge on any atom is 0.277 e. The van der Waals surface area contributed by atoms with E-state index in [2.05, 4.69) is 21.6 Å². The van der Waals surface area contributed by atoms with E-state index in [9.17, 15) is 4.79 Å². The molecule has 0 saturated heterocycles. The van der Waals surface area contributed by atoms with Gasteiger partial charge in [-0.2, -0.15) is 0 Å². The van der Waals surface area contributed by atoms with Crippen molar-refractivity contribution in [3.05, 3.63) is 64.2 Å². The number of aromatic nitrogens is 2. The molecule has 0 bridgehead atoms. The standard InChI is InChI=1S/C20H20ClN3O2S/c1-13-8-14(2)10-16(9-13)19-23-24-20(26-19)27-12-18(25)22-7-6-15-4-3-5-17(21)11-15/h3-5,8-11H,6-7,12H2,1-2H3,(H,22,25). The van der Waals surface area contributed by atoms with Gasteiger partial charge in [0.15, 0.2) is 0 Å². The summed E-state index contributed by atoms with van der Waals surface area (Å²) in [6.07, 6.45) is 0.731. The average Bonchev–Trinajstić information content (AvgIpc) is 3.08. The van der Waals surface area contributed by atoms with Crippen LogP contribution >= 0.6 is 23.4 Å². The predicted molar refractivity (Wildman–Crippen MR) is 108 cm³/mol. The van der Waals surface area contributed by atoms with Gasteiger partial charge in [0.25, 0.3) is 5.22 Å². The molecule has 3 aromatic rings. The van der Waals surface area contributed by atoms with E-state index in [0.29, 0.717) is 22.7 Å². The molecule has 5 nitrogen and oxygen atoms in total. The van der Waals surface area contributed by atoms with Crippen molar-refractivity contribution >= 4 is 29.3 Å². The zero-order valence-corrected chi connectivity index (χ0v) is 16.7. The van der Waals surface area contributed by atoms with Gasteiger partial charge in [-0.3, -0.25) is 4.79 Å². The van der Waals surface area contributed by atoms with Crippen molar-refractivity contribution in [3.63, 3.8) is 0 Å². The highest BCUT2D eigenvalue weighted by atomic mass is 35.5. The molecule has 1 N–H and O–H groups in total. The molecule has 0 spiro atoms. The highest BCUT2D eigenvalue weighted by Crippen LogP contribution is 2.24. The van der Waals surface area contributed by atoms with Crippen LogP contribution in [0.1, 0.15) is 16.7 Å². The quantitative estimate of drug-likeness (QED) is 0.592. The fourth-order valence-electron chi connectivity index (χ4n) is 2.70. The van der Waals surface area contributed by atoms with Gasteiger partial charge in [0.2, 0.25) is 11.8 Å². The number of hydrogen-bond donors (Lipinski definition) is 1. The van der Waals surface area contributed by atoms with Gasteiger partial charge in [-0.1, -0.05) is 52.7 Å². The fraction of sp³-hybridized carbons (Fsp3) is 0.250. The first-order valence-corrected chi connectivity index (χ1v) is 9.92. The highest BCUT2D eigenvalue weighted by molar-refractivity contribution is 7.99. The Morgan fingerprint density at radius 2 is 1.93 bits per heavy atom. The van der Waals surface area contributed by atoms with E-state index in [-0.39, 0.29) is 11.7 Å². The number of halogens is 1. The van der Waals surface area contributed by atoms with Gasteiger partial charge in [-0.25, -0.2) is 0 Å². The van der Waals surface area contributed by atoms with Gasteiger partial charge < -0.3 is 9.73 Å². The maximum absolute atomic E-state index is 12.0. The molecule has 0 fully saturated rings. The lowest BCUT2D eigenvalue weighted by atomic mass is 10.1. The van der Waals surface area contributed by atoms with Crippen LogP contribution in [0.15, 0.2) is 52.1 Å². The minimum Gasteiger partial charge on any atom is -0.411 e. The SMILES string of the molecule is Cc1cc(C)cc(-c2nnc(SCC(=O)NCCc3cccc(Cl)c3)o2)c1. The summed E-state index contributed by atoms with van der Waals surface area (Å²) in [7, 11) is 0. The largest absolute Gasteiger partial charge is 0.411 e. The molecule has 1 aromatic heterocycles. The number of nitrogens with one attached hydrogen (secondary N) is 1. The van der Waals surface area contributed by atoms with Crippen LogP contribution in [0.3, 0.4) is 0 Å². The van der Waals surface area contributed by atoms with Gasteiger partial charge in [0.05, 0.1) is 5.75 Å². The normalized spacial score (nSPS) is 10.8. The first-order valence-electron chi connectivity index (χ1n) is 8.56. The van der Waals surface area contributed by atoms with Crippen molar-refractivity contribution in [3.8, 4) is 11.5 Å². The molecule has 3 rings (SSSR count). The smallest absolute Gasteiger partial charge is 0.277 e. The van der Waals surface area contributed by atoms with Gasteiger partial charge in [0.1, 0.15) is 0 Å². The molecule has 27 heavy (non-hydrogen) atoms. The van der Waals surface area contributed by atoms with Gasteiger partial charge in [-0.05, 0) is 50.1 Å². The molecule has 0 aliphatic heterocycles. The summed E-state index contributed by atoms with van der Waals surface area (Å²) in [5.41, 5.74) is 4.25. The van der Waals surface area contributed by atoms with Gasteiger partial charge >= 0.3 is 0 Å². The number of thioether (sulfide) groups is 1. The van der Waals surface area contributed by atoms with Crippen LogP contribution in [0.4, 0.5) is 0 Å². The summed E-state index contributed by atoms with van der Waals surface area (Å²) in [6, 6.07) is 13.7. The number of amides is 1. The third-order valence-corrected chi connectivity index (χ3v) is 4.88. The van der Waals surface area contributed by atoms with E-state index in [4.69, 9.17) is 16.0 Å². The number of nitrogens with zero attached hydrogens (tertiary/aromatic N) is 2. The molecule has 0 aliphatic carbocycles. The van der Waals surface area contributed by atoms with Crippen molar-refractivity contribution in [2.75, 3.05) is 12.3 Å². The Balaban J connectivity index is 1.47. The second kappa shape index (κ2) is 9.06. The number of rotatable bonds is 7. The average molecular weight is 402 g/mol. The lowest BCUT2D eigenvalue weighted by Gasteiger charge is -2.04. The van der Waals surface area contributed by atoms with Crippen LogP contribution in [0, 0.1) is 13.8 Å². The van der Waals surface area contributed by atoms with Crippen LogP contribution in [-0.2, 0) is 11.2 Å². The van der Waals surface area contributed by atoms with E-state index in [1.165, 1.54) is 11.8 Å². The second-order valence-electron chi connectivity index (χ2n) is 6.27. The first-order chi connectivity index (χ1) is 13.0. The summed E-state index contributed by atoms with van der Waals surface area (Å²) in [6.45, 7) is 4.60. The Morgan fingerprint density at radius 3 is 2.67 bits per heavy atom. The van der Waals surface area contributed by atoms with E-state index in [1.54, 1.807) is 0 Å². The van der Waals surface area contributed by atoms with Crippen molar-refractivity contribution in [2.24, 2.45) is 0 Å². The Labute approximate surface area is 167 Å². The summed E-state index contributed by atoms with van der Waals surface area (Å²) in [5, 5.41) is 12.1. The van der Waals surface area contributed by atoms with Crippen molar-refractivity contribution in [2.45, 2.75) is 25.5 Å². The summed E-state index contributed by atoms with van der Waals surface area (Å²) in [4.78, 5) is 12.0. The summed E-state index contributed by atoms with van der Waals surface area (Å²) >= 11 is 7.18. The number of benzene rings is 2. The molecule has 1 heterocycles. The molecular formula is C20H20ClN3O2S. The fourth-order valence-corrected chi connectivity index (χ4v) is 3.51. The second-order valence-corrected chi connectivity index (χ2v) is 7.63. The zero-order chi connectivity index (χ0) is 19.2. The van der Waals surface area contributed by atoms with Crippen molar-refractivity contribution in [1.82, 2.24) is 15.5 Å². The number of carbonyl (C=O) groups excluding carboxylic acids is 1. The van der Waals surface area contributed by atoms with Crippen LogP contribution in [-0.4, -0.2) is 28.4 Å². The minimum absolute atomic E-state index is 0.0758. The first kappa shape index (κ1) is 19.5. The number of aryl methyl sites for hydroxylation is 2. The molecular weight excluding hydrogens is 382 g/mol. The van der Waals surface area contributed by atoms with Crippen molar-refractivity contribution < 1.29 is 9.21 Å². The Morgan fingerprint density at radius 1 is 1.15 bits per heavy atom. The Bertz CT molecular complexity index is 922. The molecule has 140 valence electrons. The van der Waals surface area contributed by atoms with Gasteiger partial charge in [0, 0.05) is 17.1 Å². The zero-order valence-electron chi connectivity index (χ0n) is 15.2. The van der Waals surface area contributed by atoms with E-state index in [1.807, 2.05) is 50.2 Å². The van der Waals surface area contributed by atoms with Crippen LogP contribution < -0.4 is 5.32 Å². The predicted octanol–water partition coefficient (Wildman–Crippen LogP) is 4.46. The molecule has 2 aromatic carbocycles. The van der Waals surface area contributed by atoms with Crippen LogP contribution in [0.25, 0.3) is 11.5 Å². The lowest BCUT2D eigenvalue weighted by molar-refractivity contribution is -0.118. The van der Waals surface area contributed by atoms with Gasteiger partial charge in [-0.15, -0.1) is 10.2 Å². The summed E-state index contributed by atoms with van der Waals surface area (Å²) in [5.74, 6) is 0.614. The molecule has 0 unspecified atom stereocenters. The molecule has 0 atom stereocenters. The van der Waals surface area contributed by atoms with E-state index >= 15 is 0 Å². The van der Waals surface area contributed by atoms with Crippen LogP contribution in [0.2, 0.25) is 5.02 Å². The molecule has 0 aliphatic rings. The minimum atomic E-state index is -0.0758. The Hall–Kier alpha value is -2.31. The third-order valence-electron chi connectivity index (χ3n) is 3.83. The maximum atomic E-state index is 12.0. The Kier molecular flexibility index (Phi) is 6.53. The topological polar surface area (TPSA) is 68.0 Å². The number of carbonyl (C=O) groups is 1. The van der Waals surface area contributed by atoms with E-state index < -0.39 is 0 Å². The van der Waals surface area contributed by atoms with Crippen LogP contribution in [0.5, 0.6) is 0 Å². The van der Waals surface area contributed by atoms with E-state index in [0.717, 1.165) is 28.7 Å². The van der Waals surface area contributed by atoms with Crippen molar-refractivity contribution in [1.29, 1.82) is 0 Å². The lowest BCUT2D eigenvalue weighted by Crippen LogP contribution is -2.27. The molecule has 7 heteroatoms. The monoisotopic (exact) mass is 401 g/mol. The molecule has 1 amide bonds.